The molecular weight excluding hydrogens is 348 g/mol. The van der Waals surface area contributed by atoms with Crippen LogP contribution in [0.2, 0.25) is 0 Å². The molecule has 0 unspecified atom stereocenters. The summed E-state index contributed by atoms with van der Waals surface area (Å²) < 4.78 is 0. The maximum atomic E-state index is 12.9. The van der Waals surface area contributed by atoms with Gasteiger partial charge in [-0.15, -0.1) is 0 Å². The molecule has 2 amide bonds. The number of carbonyl (C=O) groups excluding carboxylic acids is 2. The maximum absolute atomic E-state index is 12.9. The number of nitrogens with zero attached hydrogens (tertiary/aromatic N) is 1. The van der Waals surface area contributed by atoms with Gasteiger partial charge >= 0.3 is 0 Å². The molecule has 3 rings (SSSR count). The second-order valence-electron chi connectivity index (χ2n) is 8.16. The van der Waals surface area contributed by atoms with Gasteiger partial charge in [0.2, 0.25) is 11.8 Å². The van der Waals surface area contributed by atoms with Crippen LogP contribution in [-0.4, -0.2) is 18.4 Å². The normalized spacial score (nSPS) is 13.4. The van der Waals surface area contributed by atoms with Crippen LogP contribution in [0.5, 0.6) is 0 Å². The first-order valence-electron chi connectivity index (χ1n) is 10.2. The lowest BCUT2D eigenvalue weighted by atomic mass is 10.1. The molecule has 1 N–H and O–H groups in total. The van der Waals surface area contributed by atoms with E-state index in [2.05, 4.69) is 19.2 Å². The molecule has 2 aromatic rings. The molecule has 4 heteroatoms. The standard InChI is InChI=1S/C24H30N2O2/c1-18(2)13-24(28)26(17-20-7-4-3-5-8-20)22-10-6-9-21(14-22)15-23(27)25-16-19-11-12-19/h3-10,14,18-19H,11-13,15-17H2,1-2H3,(H,25,27). The predicted molar refractivity (Wildman–Crippen MR) is 113 cm³/mol. The monoisotopic (exact) mass is 378 g/mol. The Kier molecular flexibility index (Phi) is 6.85. The molecule has 0 atom stereocenters. The number of carbonyl (C=O) groups is 2. The van der Waals surface area contributed by atoms with Gasteiger partial charge in [-0.1, -0.05) is 56.3 Å². The van der Waals surface area contributed by atoms with Crippen LogP contribution in [-0.2, 0) is 22.6 Å². The number of benzene rings is 2. The van der Waals surface area contributed by atoms with E-state index in [1.54, 1.807) is 0 Å². The van der Waals surface area contributed by atoms with Gasteiger partial charge in [0.1, 0.15) is 0 Å². The van der Waals surface area contributed by atoms with E-state index in [9.17, 15) is 9.59 Å². The lowest BCUT2D eigenvalue weighted by Crippen LogP contribution is -2.31. The molecule has 1 saturated carbocycles. The molecule has 28 heavy (non-hydrogen) atoms. The van der Waals surface area contributed by atoms with Crippen molar-refractivity contribution in [2.75, 3.05) is 11.4 Å². The van der Waals surface area contributed by atoms with Crippen LogP contribution in [0.25, 0.3) is 0 Å². The third kappa shape index (κ3) is 6.22. The van der Waals surface area contributed by atoms with Gasteiger partial charge in [0, 0.05) is 18.7 Å². The first-order valence-corrected chi connectivity index (χ1v) is 10.2. The van der Waals surface area contributed by atoms with Gasteiger partial charge in [0.15, 0.2) is 0 Å². The molecular formula is C24H30N2O2. The third-order valence-corrected chi connectivity index (χ3v) is 4.94. The van der Waals surface area contributed by atoms with Crippen molar-refractivity contribution in [1.29, 1.82) is 0 Å². The Bertz CT molecular complexity index is 797. The van der Waals surface area contributed by atoms with E-state index in [1.165, 1.54) is 12.8 Å². The number of hydrogen-bond donors (Lipinski definition) is 1. The van der Waals surface area contributed by atoms with Crippen LogP contribution in [0.15, 0.2) is 54.6 Å². The van der Waals surface area contributed by atoms with Crippen molar-refractivity contribution in [3.63, 3.8) is 0 Å². The average molecular weight is 379 g/mol. The molecule has 1 aliphatic rings. The van der Waals surface area contributed by atoms with E-state index in [1.807, 2.05) is 59.5 Å². The zero-order valence-corrected chi connectivity index (χ0v) is 16.9. The van der Waals surface area contributed by atoms with Gasteiger partial charge in [-0.25, -0.2) is 0 Å². The molecule has 1 aliphatic carbocycles. The summed E-state index contributed by atoms with van der Waals surface area (Å²) in [6.07, 6.45) is 3.29. The van der Waals surface area contributed by atoms with Gasteiger partial charge in [-0.05, 0) is 47.9 Å². The molecule has 0 radical (unpaired) electrons. The number of nitrogens with one attached hydrogen (secondary N) is 1. The molecule has 148 valence electrons. The van der Waals surface area contributed by atoms with Crippen molar-refractivity contribution < 1.29 is 9.59 Å². The highest BCUT2D eigenvalue weighted by Crippen LogP contribution is 2.27. The highest BCUT2D eigenvalue weighted by Gasteiger charge is 2.22. The quantitative estimate of drug-likeness (QED) is 0.706. The molecule has 4 nitrogen and oxygen atoms in total. The third-order valence-electron chi connectivity index (χ3n) is 4.94. The lowest BCUT2D eigenvalue weighted by molar-refractivity contribution is -0.120. The minimum Gasteiger partial charge on any atom is -0.356 e. The molecule has 1 fully saturated rings. The Morgan fingerprint density at radius 3 is 2.43 bits per heavy atom. The van der Waals surface area contributed by atoms with Gasteiger partial charge in [-0.2, -0.15) is 0 Å². The van der Waals surface area contributed by atoms with Crippen molar-refractivity contribution in [2.45, 2.75) is 46.1 Å². The first-order chi connectivity index (χ1) is 13.5. The fraction of sp³-hybridized carbons (Fsp3) is 0.417. The lowest BCUT2D eigenvalue weighted by Gasteiger charge is -2.24. The van der Waals surface area contributed by atoms with Crippen LogP contribution in [0.4, 0.5) is 5.69 Å². The number of rotatable bonds is 9. The molecule has 0 saturated heterocycles. The molecule has 0 spiro atoms. The molecule has 0 bridgehead atoms. The fourth-order valence-electron chi connectivity index (χ4n) is 3.21. The zero-order chi connectivity index (χ0) is 19.9. The van der Waals surface area contributed by atoms with Gasteiger partial charge < -0.3 is 10.2 Å². The smallest absolute Gasteiger partial charge is 0.227 e. The van der Waals surface area contributed by atoms with E-state index in [0.717, 1.165) is 23.4 Å². The number of hydrogen-bond acceptors (Lipinski definition) is 2. The molecule has 0 heterocycles. The van der Waals surface area contributed by atoms with Gasteiger partial charge in [0.25, 0.3) is 0 Å². The summed E-state index contributed by atoms with van der Waals surface area (Å²) >= 11 is 0. The van der Waals surface area contributed by atoms with Crippen LogP contribution in [0.1, 0.15) is 44.2 Å². The summed E-state index contributed by atoms with van der Waals surface area (Å²) in [7, 11) is 0. The van der Waals surface area contributed by atoms with Crippen LogP contribution in [0, 0.1) is 11.8 Å². The summed E-state index contributed by atoms with van der Waals surface area (Å²) in [5.74, 6) is 1.12. The Morgan fingerprint density at radius 1 is 1.04 bits per heavy atom. The Morgan fingerprint density at radius 2 is 1.75 bits per heavy atom. The first kappa shape index (κ1) is 20.1. The van der Waals surface area contributed by atoms with E-state index < -0.39 is 0 Å². The van der Waals surface area contributed by atoms with Crippen molar-refractivity contribution >= 4 is 17.5 Å². The van der Waals surface area contributed by atoms with Gasteiger partial charge in [-0.3, -0.25) is 9.59 Å². The van der Waals surface area contributed by atoms with Gasteiger partial charge in [0.05, 0.1) is 13.0 Å². The van der Waals surface area contributed by atoms with E-state index in [0.29, 0.717) is 31.2 Å². The molecule has 2 aromatic carbocycles. The largest absolute Gasteiger partial charge is 0.356 e. The summed E-state index contributed by atoms with van der Waals surface area (Å²) in [6, 6.07) is 17.8. The fourth-order valence-corrected chi connectivity index (χ4v) is 3.21. The summed E-state index contributed by atoms with van der Waals surface area (Å²) in [5, 5.41) is 3.01. The topological polar surface area (TPSA) is 49.4 Å². The maximum Gasteiger partial charge on any atom is 0.227 e. The second kappa shape index (κ2) is 9.54. The number of anilines is 1. The van der Waals surface area contributed by atoms with Crippen LogP contribution < -0.4 is 10.2 Å². The Balaban J connectivity index is 1.74. The summed E-state index contributed by atoms with van der Waals surface area (Å²) in [5.41, 5.74) is 2.87. The summed E-state index contributed by atoms with van der Waals surface area (Å²) in [4.78, 5) is 27.0. The average Bonchev–Trinajstić information content (AvgIpc) is 3.49. The Hall–Kier alpha value is -2.62. The zero-order valence-electron chi connectivity index (χ0n) is 16.9. The van der Waals surface area contributed by atoms with Crippen molar-refractivity contribution in [3.8, 4) is 0 Å². The van der Waals surface area contributed by atoms with Crippen LogP contribution >= 0.6 is 0 Å². The van der Waals surface area contributed by atoms with Crippen LogP contribution in [0.3, 0.4) is 0 Å². The van der Waals surface area contributed by atoms with Crippen molar-refractivity contribution in [3.05, 3.63) is 65.7 Å². The summed E-state index contributed by atoms with van der Waals surface area (Å²) in [6.45, 7) is 5.42. The Labute approximate surface area is 167 Å². The minimum atomic E-state index is 0.0483. The SMILES string of the molecule is CC(C)CC(=O)N(Cc1ccccc1)c1cccc(CC(=O)NCC2CC2)c1. The van der Waals surface area contributed by atoms with E-state index in [4.69, 9.17) is 0 Å². The molecule has 0 aromatic heterocycles. The molecule has 0 aliphatic heterocycles. The van der Waals surface area contributed by atoms with E-state index >= 15 is 0 Å². The van der Waals surface area contributed by atoms with E-state index in [-0.39, 0.29) is 11.8 Å². The predicted octanol–water partition coefficient (Wildman–Crippen LogP) is 4.33. The van der Waals surface area contributed by atoms with Crippen molar-refractivity contribution in [1.82, 2.24) is 5.32 Å². The second-order valence-corrected chi connectivity index (χ2v) is 8.16. The highest BCUT2D eigenvalue weighted by molar-refractivity contribution is 5.93. The number of amides is 2. The highest BCUT2D eigenvalue weighted by atomic mass is 16.2. The minimum absolute atomic E-state index is 0.0483. The van der Waals surface area contributed by atoms with Crippen molar-refractivity contribution in [2.24, 2.45) is 11.8 Å².